The van der Waals surface area contributed by atoms with Crippen molar-refractivity contribution < 1.29 is 4.79 Å². The Kier molecular flexibility index (Phi) is 4.22. The van der Waals surface area contributed by atoms with Crippen molar-refractivity contribution in [2.45, 2.75) is 6.54 Å². The van der Waals surface area contributed by atoms with E-state index >= 15 is 0 Å². The second-order valence-electron chi connectivity index (χ2n) is 2.61. The van der Waals surface area contributed by atoms with E-state index in [0.717, 1.165) is 9.35 Å². The molecule has 1 aromatic heterocycles. The highest BCUT2D eigenvalue weighted by Gasteiger charge is 2.08. The molecule has 1 heterocycles. The second kappa shape index (κ2) is 4.98. The maximum absolute atomic E-state index is 11.1. The van der Waals surface area contributed by atoms with Crippen molar-refractivity contribution in [2.24, 2.45) is 0 Å². The Hall–Kier alpha value is -0.0600. The Labute approximate surface area is 94.6 Å². The SMILES string of the molecule is CN(Cc1cc(Br)cs1)C(=O)CCl. The van der Waals surface area contributed by atoms with Crippen LogP contribution in [0, 0.1) is 0 Å². The third-order valence-corrected chi connectivity index (χ3v) is 3.47. The van der Waals surface area contributed by atoms with Gasteiger partial charge in [-0.05, 0) is 22.0 Å². The van der Waals surface area contributed by atoms with Crippen LogP contribution in [-0.2, 0) is 11.3 Å². The molecule has 0 saturated heterocycles. The normalized spacial score (nSPS) is 10.1. The Morgan fingerprint density at radius 1 is 1.77 bits per heavy atom. The summed E-state index contributed by atoms with van der Waals surface area (Å²) in [5, 5.41) is 1.99. The minimum absolute atomic E-state index is 0.0447. The number of carbonyl (C=O) groups excluding carboxylic acids is 1. The van der Waals surface area contributed by atoms with Crippen molar-refractivity contribution in [3.63, 3.8) is 0 Å². The van der Waals surface area contributed by atoms with Gasteiger partial charge >= 0.3 is 0 Å². The van der Waals surface area contributed by atoms with Gasteiger partial charge in [0.2, 0.25) is 5.91 Å². The minimum atomic E-state index is -0.0498. The third kappa shape index (κ3) is 3.29. The van der Waals surface area contributed by atoms with Crippen molar-refractivity contribution in [1.29, 1.82) is 0 Å². The zero-order valence-electron chi connectivity index (χ0n) is 7.09. The van der Waals surface area contributed by atoms with E-state index in [-0.39, 0.29) is 11.8 Å². The minimum Gasteiger partial charge on any atom is -0.340 e. The van der Waals surface area contributed by atoms with Gasteiger partial charge in [-0.15, -0.1) is 22.9 Å². The van der Waals surface area contributed by atoms with Crippen LogP contribution < -0.4 is 0 Å². The van der Waals surface area contributed by atoms with Crippen LogP contribution in [-0.4, -0.2) is 23.7 Å². The van der Waals surface area contributed by atoms with Gasteiger partial charge in [-0.3, -0.25) is 4.79 Å². The number of carbonyl (C=O) groups is 1. The molecule has 0 spiro atoms. The second-order valence-corrected chi connectivity index (χ2v) is 4.79. The molecule has 0 aliphatic heterocycles. The molecule has 1 rings (SSSR count). The average Bonchev–Trinajstić information content (AvgIpc) is 2.49. The summed E-state index contributed by atoms with van der Waals surface area (Å²) in [6, 6.07) is 2.00. The molecule has 0 aliphatic rings. The quantitative estimate of drug-likeness (QED) is 0.781. The first-order valence-electron chi connectivity index (χ1n) is 3.66. The Bertz CT molecular complexity index is 302. The lowest BCUT2D eigenvalue weighted by Crippen LogP contribution is -2.26. The van der Waals surface area contributed by atoms with Gasteiger partial charge in [0.05, 0.1) is 6.54 Å². The van der Waals surface area contributed by atoms with E-state index in [4.69, 9.17) is 11.6 Å². The summed E-state index contributed by atoms with van der Waals surface area (Å²) in [5.41, 5.74) is 0. The van der Waals surface area contributed by atoms with E-state index in [9.17, 15) is 4.79 Å². The van der Waals surface area contributed by atoms with Gasteiger partial charge in [-0.2, -0.15) is 0 Å². The van der Waals surface area contributed by atoms with E-state index in [0.29, 0.717) is 6.54 Å². The number of hydrogen-bond donors (Lipinski definition) is 0. The summed E-state index contributed by atoms with van der Waals surface area (Å²) < 4.78 is 1.05. The number of alkyl halides is 1. The van der Waals surface area contributed by atoms with Crippen molar-refractivity contribution in [1.82, 2.24) is 4.90 Å². The summed E-state index contributed by atoms with van der Waals surface area (Å²) in [5.74, 6) is -0.00514. The average molecular weight is 283 g/mol. The fourth-order valence-corrected chi connectivity index (χ4v) is 2.57. The summed E-state index contributed by atoms with van der Waals surface area (Å²) in [6.45, 7) is 0.627. The van der Waals surface area contributed by atoms with Gasteiger partial charge in [-0.1, -0.05) is 0 Å². The van der Waals surface area contributed by atoms with Crippen molar-refractivity contribution in [2.75, 3.05) is 12.9 Å². The molecular weight excluding hydrogens is 274 g/mol. The van der Waals surface area contributed by atoms with Gasteiger partial charge in [0, 0.05) is 21.8 Å². The van der Waals surface area contributed by atoms with Gasteiger partial charge < -0.3 is 4.90 Å². The number of hydrogen-bond acceptors (Lipinski definition) is 2. The molecule has 0 N–H and O–H groups in total. The van der Waals surface area contributed by atoms with E-state index in [1.165, 1.54) is 0 Å². The van der Waals surface area contributed by atoms with Crippen molar-refractivity contribution in [3.05, 3.63) is 20.8 Å². The Morgan fingerprint density at radius 3 is 2.92 bits per heavy atom. The zero-order valence-corrected chi connectivity index (χ0v) is 10.2. The largest absolute Gasteiger partial charge is 0.340 e. The molecule has 0 atom stereocenters. The van der Waals surface area contributed by atoms with E-state index in [1.54, 1.807) is 23.3 Å². The smallest absolute Gasteiger partial charge is 0.237 e. The summed E-state index contributed by atoms with van der Waals surface area (Å²) in [7, 11) is 1.75. The molecule has 0 bridgehead atoms. The third-order valence-electron chi connectivity index (χ3n) is 1.55. The van der Waals surface area contributed by atoms with Gasteiger partial charge in [0.1, 0.15) is 5.88 Å². The molecule has 2 nitrogen and oxygen atoms in total. The van der Waals surface area contributed by atoms with Crippen LogP contribution in [0.25, 0.3) is 0 Å². The number of amides is 1. The van der Waals surface area contributed by atoms with Crippen LogP contribution in [0.15, 0.2) is 15.9 Å². The zero-order chi connectivity index (χ0) is 9.84. The van der Waals surface area contributed by atoms with Crippen molar-refractivity contribution >= 4 is 44.8 Å². The molecule has 1 amide bonds. The lowest BCUT2D eigenvalue weighted by Gasteiger charge is -2.13. The first kappa shape index (κ1) is 11.0. The molecule has 5 heteroatoms. The van der Waals surface area contributed by atoms with Crippen LogP contribution in [0.5, 0.6) is 0 Å². The first-order valence-corrected chi connectivity index (χ1v) is 5.87. The summed E-state index contributed by atoms with van der Waals surface area (Å²) in [6.07, 6.45) is 0. The van der Waals surface area contributed by atoms with Crippen molar-refractivity contribution in [3.8, 4) is 0 Å². The first-order chi connectivity index (χ1) is 6.13. The predicted octanol–water partition coefficient (Wildman–Crippen LogP) is 2.71. The molecule has 0 saturated carbocycles. The predicted molar refractivity (Wildman–Crippen MR) is 59.2 cm³/mol. The number of rotatable bonds is 3. The monoisotopic (exact) mass is 281 g/mol. The maximum Gasteiger partial charge on any atom is 0.237 e. The summed E-state index contributed by atoms with van der Waals surface area (Å²) >= 11 is 10.4. The lowest BCUT2D eigenvalue weighted by atomic mass is 10.4. The maximum atomic E-state index is 11.1. The molecule has 0 fully saturated rings. The van der Waals surface area contributed by atoms with Gasteiger partial charge in [-0.25, -0.2) is 0 Å². The molecule has 13 heavy (non-hydrogen) atoms. The highest BCUT2D eigenvalue weighted by molar-refractivity contribution is 9.10. The number of thiophene rings is 1. The fourth-order valence-electron chi connectivity index (χ4n) is 0.861. The molecule has 0 radical (unpaired) electrons. The molecule has 0 aliphatic carbocycles. The van der Waals surface area contributed by atoms with E-state index in [1.807, 2.05) is 11.4 Å². The highest BCUT2D eigenvalue weighted by Crippen LogP contribution is 2.20. The molecule has 0 aromatic carbocycles. The standard InChI is InChI=1S/C8H9BrClNOS/c1-11(8(12)3-10)4-7-2-6(9)5-13-7/h2,5H,3-4H2,1H3. The van der Waals surface area contributed by atoms with Crippen LogP contribution >= 0.6 is 38.9 Å². The number of nitrogens with zero attached hydrogens (tertiary/aromatic N) is 1. The van der Waals surface area contributed by atoms with Crippen LogP contribution in [0.3, 0.4) is 0 Å². The number of halogens is 2. The lowest BCUT2D eigenvalue weighted by molar-refractivity contribution is -0.127. The van der Waals surface area contributed by atoms with Crippen LogP contribution in [0.2, 0.25) is 0 Å². The van der Waals surface area contributed by atoms with Gasteiger partial charge in [0.15, 0.2) is 0 Å². The molecular formula is C8H9BrClNOS. The Morgan fingerprint density at radius 2 is 2.46 bits per heavy atom. The summed E-state index contributed by atoms with van der Waals surface area (Å²) in [4.78, 5) is 13.9. The van der Waals surface area contributed by atoms with Crippen LogP contribution in [0.4, 0.5) is 0 Å². The molecule has 0 unspecified atom stereocenters. The van der Waals surface area contributed by atoms with E-state index < -0.39 is 0 Å². The fraction of sp³-hybridized carbons (Fsp3) is 0.375. The van der Waals surface area contributed by atoms with E-state index in [2.05, 4.69) is 15.9 Å². The highest BCUT2D eigenvalue weighted by atomic mass is 79.9. The van der Waals surface area contributed by atoms with Crippen LogP contribution in [0.1, 0.15) is 4.88 Å². The molecule has 1 aromatic rings. The Balaban J connectivity index is 2.54. The molecule has 72 valence electrons. The topological polar surface area (TPSA) is 20.3 Å². The van der Waals surface area contributed by atoms with Gasteiger partial charge in [0.25, 0.3) is 0 Å².